The Balaban J connectivity index is 2.41. The Morgan fingerprint density at radius 1 is 0.944 bits per heavy atom. The molecule has 0 fully saturated rings. The third-order valence-electron chi connectivity index (χ3n) is 3.61. The second kappa shape index (κ2) is 3.84. The van der Waals surface area contributed by atoms with Crippen LogP contribution >= 0.6 is 23.2 Å². The maximum atomic E-state index is 11.6. The largest absolute Gasteiger partial charge is 0.302 e. The molecule has 0 bridgehead atoms. The molecule has 1 aliphatic carbocycles. The Labute approximate surface area is 115 Å². The molecule has 0 heterocycles. The normalized spacial score (nSPS) is 15.1. The van der Waals surface area contributed by atoms with Crippen molar-refractivity contribution >= 4 is 29.5 Å². The van der Waals surface area contributed by atoms with Crippen LogP contribution in [0, 0.1) is 0 Å². The first-order valence-electron chi connectivity index (χ1n) is 5.63. The van der Waals surface area contributed by atoms with Gasteiger partial charge in [0.15, 0.2) is 0 Å². The number of rotatable bonds is 1. The summed E-state index contributed by atoms with van der Waals surface area (Å²) in [5, 5.41) is 1.28. The molecular weight excluding hydrogens is 267 g/mol. The lowest BCUT2D eigenvalue weighted by atomic mass is 9.82. The number of hydrogen-bond acceptors (Lipinski definition) is 1. The van der Waals surface area contributed by atoms with E-state index in [1.165, 1.54) is 0 Å². The fourth-order valence-corrected chi connectivity index (χ4v) is 2.98. The Bertz CT molecular complexity index is 610. The fourth-order valence-electron chi connectivity index (χ4n) is 2.63. The summed E-state index contributed by atoms with van der Waals surface area (Å²) in [5.41, 5.74) is 3.34. The highest BCUT2D eigenvalue weighted by molar-refractivity contribution is 6.31. The molecule has 0 atom stereocenters. The standard InChI is InChI=1S/C15H10Cl2O/c1-15(8-18)13-6-9(16)2-4-11(13)12-5-3-10(17)7-14(12)15/h2-8H,1H3. The van der Waals surface area contributed by atoms with Crippen LogP contribution in [0.5, 0.6) is 0 Å². The van der Waals surface area contributed by atoms with Gasteiger partial charge in [-0.05, 0) is 53.4 Å². The quantitative estimate of drug-likeness (QED) is 0.702. The molecule has 0 spiro atoms. The summed E-state index contributed by atoms with van der Waals surface area (Å²) in [6.07, 6.45) is 0.963. The molecule has 3 heteroatoms. The van der Waals surface area contributed by atoms with Crippen LogP contribution < -0.4 is 0 Å². The molecular formula is C15H10Cl2O. The molecule has 0 saturated heterocycles. The van der Waals surface area contributed by atoms with Gasteiger partial charge in [-0.15, -0.1) is 0 Å². The number of carbonyl (C=O) groups excluding carboxylic acids is 1. The molecule has 2 aromatic rings. The zero-order chi connectivity index (χ0) is 12.9. The molecule has 0 aromatic heterocycles. The summed E-state index contributed by atoms with van der Waals surface area (Å²) in [7, 11) is 0. The van der Waals surface area contributed by atoms with Gasteiger partial charge < -0.3 is 4.79 Å². The van der Waals surface area contributed by atoms with Crippen LogP contribution in [0.4, 0.5) is 0 Å². The van der Waals surface area contributed by atoms with Gasteiger partial charge in [0.2, 0.25) is 0 Å². The van der Waals surface area contributed by atoms with Crippen molar-refractivity contribution in [2.45, 2.75) is 12.3 Å². The predicted molar refractivity (Wildman–Crippen MR) is 74.4 cm³/mol. The van der Waals surface area contributed by atoms with Gasteiger partial charge in [0, 0.05) is 10.0 Å². The average molecular weight is 277 g/mol. The molecule has 0 amide bonds. The second-order valence-electron chi connectivity index (χ2n) is 4.70. The Hall–Kier alpha value is -1.31. The molecule has 0 saturated carbocycles. The number of fused-ring (bicyclic) bond motifs is 3. The summed E-state index contributed by atoms with van der Waals surface area (Å²) >= 11 is 12.1. The minimum atomic E-state index is -0.666. The van der Waals surface area contributed by atoms with Crippen LogP contribution in [0.1, 0.15) is 18.1 Å². The first-order valence-corrected chi connectivity index (χ1v) is 6.38. The van der Waals surface area contributed by atoms with Gasteiger partial charge in [-0.1, -0.05) is 35.3 Å². The fraction of sp³-hybridized carbons (Fsp3) is 0.133. The molecule has 1 aliphatic rings. The molecule has 18 heavy (non-hydrogen) atoms. The number of hydrogen-bond donors (Lipinski definition) is 0. The van der Waals surface area contributed by atoms with E-state index in [1.807, 2.05) is 43.3 Å². The third-order valence-corrected chi connectivity index (χ3v) is 4.08. The monoisotopic (exact) mass is 276 g/mol. The van der Waals surface area contributed by atoms with Crippen molar-refractivity contribution in [3.8, 4) is 11.1 Å². The van der Waals surface area contributed by atoms with E-state index in [-0.39, 0.29) is 0 Å². The van der Waals surface area contributed by atoms with Crippen LogP contribution in [0.2, 0.25) is 10.0 Å². The van der Waals surface area contributed by atoms with E-state index in [9.17, 15) is 4.79 Å². The molecule has 0 N–H and O–H groups in total. The Kier molecular flexibility index (Phi) is 2.51. The summed E-state index contributed by atoms with van der Waals surface area (Å²) in [6, 6.07) is 11.3. The smallest absolute Gasteiger partial charge is 0.134 e. The number of aldehydes is 1. The highest BCUT2D eigenvalue weighted by Crippen LogP contribution is 2.49. The van der Waals surface area contributed by atoms with E-state index < -0.39 is 5.41 Å². The highest BCUT2D eigenvalue weighted by atomic mass is 35.5. The van der Waals surface area contributed by atoms with E-state index in [1.54, 1.807) is 0 Å². The lowest BCUT2D eigenvalue weighted by molar-refractivity contribution is -0.110. The second-order valence-corrected chi connectivity index (χ2v) is 5.57. The zero-order valence-corrected chi connectivity index (χ0v) is 11.2. The van der Waals surface area contributed by atoms with Crippen molar-refractivity contribution in [1.29, 1.82) is 0 Å². The van der Waals surface area contributed by atoms with Crippen molar-refractivity contribution in [3.63, 3.8) is 0 Å². The minimum Gasteiger partial charge on any atom is -0.302 e. The van der Waals surface area contributed by atoms with Crippen LogP contribution in [-0.4, -0.2) is 6.29 Å². The van der Waals surface area contributed by atoms with Crippen molar-refractivity contribution in [2.24, 2.45) is 0 Å². The first-order chi connectivity index (χ1) is 8.56. The maximum Gasteiger partial charge on any atom is 0.134 e. The number of carbonyl (C=O) groups is 1. The molecule has 2 aromatic carbocycles. The zero-order valence-electron chi connectivity index (χ0n) is 9.71. The van der Waals surface area contributed by atoms with E-state index in [2.05, 4.69) is 0 Å². The summed E-state index contributed by atoms with van der Waals surface area (Å²) in [5.74, 6) is 0. The predicted octanol–water partition coefficient (Wildman–Crippen LogP) is 4.48. The molecule has 0 radical (unpaired) electrons. The van der Waals surface area contributed by atoms with E-state index in [4.69, 9.17) is 23.2 Å². The van der Waals surface area contributed by atoms with Gasteiger partial charge in [-0.25, -0.2) is 0 Å². The summed E-state index contributed by atoms with van der Waals surface area (Å²) < 4.78 is 0. The lowest BCUT2D eigenvalue weighted by Crippen LogP contribution is -2.22. The van der Waals surface area contributed by atoms with Crippen molar-refractivity contribution in [2.75, 3.05) is 0 Å². The molecule has 1 nitrogen and oxygen atoms in total. The maximum absolute atomic E-state index is 11.6. The van der Waals surface area contributed by atoms with E-state index in [0.29, 0.717) is 10.0 Å². The van der Waals surface area contributed by atoms with E-state index in [0.717, 1.165) is 28.5 Å². The summed E-state index contributed by atoms with van der Waals surface area (Å²) in [4.78, 5) is 11.6. The van der Waals surface area contributed by atoms with Gasteiger partial charge in [-0.3, -0.25) is 0 Å². The van der Waals surface area contributed by atoms with Crippen molar-refractivity contribution in [3.05, 3.63) is 57.6 Å². The lowest BCUT2D eigenvalue weighted by Gasteiger charge is -2.19. The van der Waals surface area contributed by atoms with Gasteiger partial charge in [-0.2, -0.15) is 0 Å². The van der Waals surface area contributed by atoms with Crippen LogP contribution in [0.15, 0.2) is 36.4 Å². The highest BCUT2D eigenvalue weighted by Gasteiger charge is 2.39. The molecule has 90 valence electrons. The Morgan fingerprint density at radius 2 is 1.39 bits per heavy atom. The van der Waals surface area contributed by atoms with Crippen molar-refractivity contribution in [1.82, 2.24) is 0 Å². The van der Waals surface area contributed by atoms with Crippen LogP contribution in [0.25, 0.3) is 11.1 Å². The van der Waals surface area contributed by atoms with Gasteiger partial charge in [0.05, 0.1) is 5.41 Å². The SMILES string of the molecule is CC1(C=O)c2cc(Cl)ccc2-c2ccc(Cl)cc21. The van der Waals surface area contributed by atoms with Crippen LogP contribution in [0.3, 0.4) is 0 Å². The number of halogens is 2. The van der Waals surface area contributed by atoms with Crippen LogP contribution in [-0.2, 0) is 10.2 Å². The van der Waals surface area contributed by atoms with E-state index >= 15 is 0 Å². The average Bonchev–Trinajstić information content (AvgIpc) is 2.60. The van der Waals surface area contributed by atoms with Gasteiger partial charge in [0.1, 0.15) is 6.29 Å². The van der Waals surface area contributed by atoms with Gasteiger partial charge >= 0.3 is 0 Å². The molecule has 3 rings (SSSR count). The first kappa shape index (κ1) is 11.8. The van der Waals surface area contributed by atoms with Gasteiger partial charge in [0.25, 0.3) is 0 Å². The third kappa shape index (κ3) is 1.44. The molecule has 0 unspecified atom stereocenters. The topological polar surface area (TPSA) is 17.1 Å². The Morgan fingerprint density at radius 3 is 1.78 bits per heavy atom. The molecule has 0 aliphatic heterocycles. The summed E-state index contributed by atoms with van der Waals surface area (Å²) in [6.45, 7) is 1.90. The van der Waals surface area contributed by atoms with Crippen molar-refractivity contribution < 1.29 is 4.79 Å². The minimum absolute atomic E-state index is 0.640. The number of benzene rings is 2.